The number of aromatic nitrogens is 1. The molecular weight excluding hydrogens is 150 g/mol. The summed E-state index contributed by atoms with van der Waals surface area (Å²) >= 11 is 0. The third-order valence-electron chi connectivity index (χ3n) is 1.84. The molecule has 4 N–H and O–H groups in total. The molecule has 0 amide bonds. The molecule has 1 unspecified atom stereocenters. The van der Waals surface area contributed by atoms with Crippen LogP contribution >= 0.6 is 0 Å². The van der Waals surface area contributed by atoms with E-state index in [0.717, 1.165) is 18.4 Å². The molecule has 0 saturated carbocycles. The maximum atomic E-state index is 5.87. The van der Waals surface area contributed by atoms with Crippen LogP contribution in [-0.2, 0) is 0 Å². The molecule has 0 spiro atoms. The first kappa shape index (κ1) is 9.00. The third kappa shape index (κ3) is 2.20. The van der Waals surface area contributed by atoms with Crippen molar-refractivity contribution < 1.29 is 0 Å². The number of hydrogen-bond donors (Lipinski definition) is 2. The van der Waals surface area contributed by atoms with E-state index in [4.69, 9.17) is 11.5 Å². The number of nitrogen functional groups attached to an aromatic ring is 1. The predicted molar refractivity (Wildman–Crippen MR) is 50.5 cm³/mol. The number of nitrogens with two attached hydrogens (primary N) is 2. The summed E-state index contributed by atoms with van der Waals surface area (Å²) in [7, 11) is 0. The van der Waals surface area contributed by atoms with Crippen LogP contribution in [0.1, 0.15) is 31.4 Å². The van der Waals surface area contributed by atoms with Crippen LogP contribution in [0.3, 0.4) is 0 Å². The molecular formula is C9H15N3. The molecule has 0 saturated heterocycles. The van der Waals surface area contributed by atoms with Crippen LogP contribution in [0.2, 0.25) is 0 Å². The lowest BCUT2D eigenvalue weighted by molar-refractivity contribution is 0.636. The zero-order valence-corrected chi connectivity index (χ0v) is 7.33. The Bertz CT molecular complexity index is 230. The lowest BCUT2D eigenvalue weighted by Gasteiger charge is -2.09. The van der Waals surface area contributed by atoms with Crippen molar-refractivity contribution in [1.82, 2.24) is 4.98 Å². The Morgan fingerprint density at radius 3 is 2.75 bits per heavy atom. The maximum Gasteiger partial charge on any atom is 0.123 e. The average Bonchev–Trinajstić information content (AvgIpc) is 2.06. The molecule has 0 aromatic carbocycles. The van der Waals surface area contributed by atoms with Gasteiger partial charge < -0.3 is 11.5 Å². The maximum absolute atomic E-state index is 5.87. The summed E-state index contributed by atoms with van der Waals surface area (Å²) in [4.78, 5) is 3.98. The molecule has 1 aromatic rings. The lowest BCUT2D eigenvalue weighted by atomic mass is 10.1. The minimum atomic E-state index is 0.100. The van der Waals surface area contributed by atoms with Crippen molar-refractivity contribution >= 4 is 5.82 Å². The van der Waals surface area contributed by atoms with Crippen LogP contribution in [0.4, 0.5) is 5.82 Å². The average molecular weight is 165 g/mol. The fourth-order valence-corrected chi connectivity index (χ4v) is 1.11. The molecule has 3 heteroatoms. The summed E-state index contributed by atoms with van der Waals surface area (Å²) in [6.07, 6.45) is 3.83. The second-order valence-corrected chi connectivity index (χ2v) is 2.91. The zero-order valence-electron chi connectivity index (χ0n) is 7.33. The van der Waals surface area contributed by atoms with Crippen LogP contribution in [-0.4, -0.2) is 4.98 Å². The van der Waals surface area contributed by atoms with Gasteiger partial charge in [-0.3, -0.25) is 0 Å². The van der Waals surface area contributed by atoms with Crippen LogP contribution in [0.15, 0.2) is 18.3 Å². The summed E-state index contributed by atoms with van der Waals surface area (Å²) in [5.74, 6) is 0.544. The third-order valence-corrected chi connectivity index (χ3v) is 1.84. The van der Waals surface area contributed by atoms with E-state index >= 15 is 0 Å². The van der Waals surface area contributed by atoms with E-state index in [-0.39, 0.29) is 6.04 Å². The Morgan fingerprint density at radius 2 is 2.25 bits per heavy atom. The van der Waals surface area contributed by atoms with E-state index in [9.17, 15) is 0 Å². The largest absolute Gasteiger partial charge is 0.384 e. The van der Waals surface area contributed by atoms with Crippen molar-refractivity contribution in [2.75, 3.05) is 5.73 Å². The standard InChI is InChI=1S/C9H15N3/c1-2-3-8(10)7-4-5-9(11)12-6-7/h4-6,8H,2-3,10H2,1H3,(H2,11,12). The summed E-state index contributed by atoms with van der Waals surface area (Å²) in [6, 6.07) is 3.82. The molecule has 66 valence electrons. The fourth-order valence-electron chi connectivity index (χ4n) is 1.11. The summed E-state index contributed by atoms with van der Waals surface area (Å²) in [5.41, 5.74) is 12.4. The molecule has 3 nitrogen and oxygen atoms in total. The van der Waals surface area contributed by atoms with Gasteiger partial charge in [-0.25, -0.2) is 4.98 Å². The smallest absolute Gasteiger partial charge is 0.123 e. The number of hydrogen-bond acceptors (Lipinski definition) is 3. The Morgan fingerprint density at radius 1 is 1.50 bits per heavy atom. The fraction of sp³-hybridized carbons (Fsp3) is 0.444. The first-order chi connectivity index (χ1) is 5.74. The Labute approximate surface area is 72.8 Å². The first-order valence-corrected chi connectivity index (χ1v) is 4.21. The van der Waals surface area contributed by atoms with E-state index in [1.54, 1.807) is 12.3 Å². The minimum absolute atomic E-state index is 0.100. The Hall–Kier alpha value is -1.09. The normalized spacial score (nSPS) is 12.8. The van der Waals surface area contributed by atoms with E-state index in [0.29, 0.717) is 5.82 Å². The van der Waals surface area contributed by atoms with Gasteiger partial charge in [0.2, 0.25) is 0 Å². The van der Waals surface area contributed by atoms with Crippen LogP contribution < -0.4 is 11.5 Å². The van der Waals surface area contributed by atoms with Crippen LogP contribution in [0.5, 0.6) is 0 Å². The number of rotatable bonds is 3. The van der Waals surface area contributed by atoms with Crippen molar-refractivity contribution in [1.29, 1.82) is 0 Å². The van der Waals surface area contributed by atoms with Gasteiger partial charge in [0, 0.05) is 12.2 Å². The van der Waals surface area contributed by atoms with Crippen molar-refractivity contribution in [2.24, 2.45) is 5.73 Å². The van der Waals surface area contributed by atoms with Gasteiger partial charge in [-0.1, -0.05) is 19.4 Å². The monoisotopic (exact) mass is 165 g/mol. The predicted octanol–water partition coefficient (Wildman–Crippen LogP) is 1.46. The highest BCUT2D eigenvalue weighted by atomic mass is 14.8. The highest BCUT2D eigenvalue weighted by Gasteiger charge is 2.03. The Balaban J connectivity index is 2.68. The SMILES string of the molecule is CCCC(N)c1ccc(N)nc1. The van der Waals surface area contributed by atoms with Gasteiger partial charge >= 0.3 is 0 Å². The number of pyridine rings is 1. The molecule has 0 aliphatic carbocycles. The quantitative estimate of drug-likeness (QED) is 0.712. The van der Waals surface area contributed by atoms with E-state index in [1.165, 1.54) is 0 Å². The van der Waals surface area contributed by atoms with Gasteiger partial charge in [0.25, 0.3) is 0 Å². The molecule has 1 rings (SSSR count). The molecule has 1 aromatic heterocycles. The molecule has 0 aliphatic heterocycles. The van der Waals surface area contributed by atoms with Gasteiger partial charge in [0.05, 0.1) is 0 Å². The minimum Gasteiger partial charge on any atom is -0.384 e. The summed E-state index contributed by atoms with van der Waals surface area (Å²) in [5, 5.41) is 0. The van der Waals surface area contributed by atoms with Gasteiger partial charge in [0.1, 0.15) is 5.82 Å². The molecule has 0 radical (unpaired) electrons. The topological polar surface area (TPSA) is 64.9 Å². The highest BCUT2D eigenvalue weighted by molar-refractivity contribution is 5.30. The van der Waals surface area contributed by atoms with E-state index in [2.05, 4.69) is 11.9 Å². The number of anilines is 1. The Kier molecular flexibility index (Phi) is 3.05. The van der Waals surface area contributed by atoms with Gasteiger partial charge in [0.15, 0.2) is 0 Å². The van der Waals surface area contributed by atoms with Crippen molar-refractivity contribution in [3.8, 4) is 0 Å². The highest BCUT2D eigenvalue weighted by Crippen LogP contribution is 2.14. The van der Waals surface area contributed by atoms with Crippen LogP contribution in [0, 0.1) is 0 Å². The molecule has 0 aliphatic rings. The lowest BCUT2D eigenvalue weighted by Crippen LogP contribution is -2.10. The second kappa shape index (κ2) is 4.07. The van der Waals surface area contributed by atoms with Gasteiger partial charge in [-0.15, -0.1) is 0 Å². The van der Waals surface area contributed by atoms with E-state index < -0.39 is 0 Å². The molecule has 0 bridgehead atoms. The van der Waals surface area contributed by atoms with Crippen LogP contribution in [0.25, 0.3) is 0 Å². The summed E-state index contributed by atoms with van der Waals surface area (Å²) < 4.78 is 0. The molecule has 1 atom stereocenters. The molecule has 0 fully saturated rings. The van der Waals surface area contributed by atoms with Crippen molar-refractivity contribution in [3.63, 3.8) is 0 Å². The number of nitrogens with zero attached hydrogens (tertiary/aromatic N) is 1. The second-order valence-electron chi connectivity index (χ2n) is 2.91. The summed E-state index contributed by atoms with van der Waals surface area (Å²) in [6.45, 7) is 2.12. The van der Waals surface area contributed by atoms with E-state index in [1.807, 2.05) is 6.07 Å². The zero-order chi connectivity index (χ0) is 8.97. The molecule has 1 heterocycles. The first-order valence-electron chi connectivity index (χ1n) is 4.21. The van der Waals surface area contributed by atoms with Gasteiger partial charge in [-0.2, -0.15) is 0 Å². The van der Waals surface area contributed by atoms with Crippen molar-refractivity contribution in [3.05, 3.63) is 23.9 Å². The van der Waals surface area contributed by atoms with Gasteiger partial charge in [-0.05, 0) is 18.1 Å². The molecule has 12 heavy (non-hydrogen) atoms. The van der Waals surface area contributed by atoms with Crippen molar-refractivity contribution in [2.45, 2.75) is 25.8 Å².